The second-order valence-corrected chi connectivity index (χ2v) is 8.19. The normalized spacial score (nSPS) is 18.8. The molecule has 2 aliphatic rings. The number of pyridine rings is 1. The summed E-state index contributed by atoms with van der Waals surface area (Å²) in [5.41, 5.74) is -0.244. The van der Waals surface area contributed by atoms with E-state index in [0.717, 1.165) is 4.90 Å². The Morgan fingerprint density at radius 2 is 1.97 bits per heavy atom. The first-order valence-corrected chi connectivity index (χ1v) is 10.8. The van der Waals surface area contributed by atoms with Crippen LogP contribution in [0.1, 0.15) is 0 Å². The van der Waals surface area contributed by atoms with E-state index in [0.29, 0.717) is 18.9 Å². The number of nitrogens with one attached hydrogen (secondary N) is 1. The van der Waals surface area contributed by atoms with E-state index >= 15 is 0 Å². The van der Waals surface area contributed by atoms with Gasteiger partial charge in [-0.25, -0.2) is 27.9 Å². The number of rotatable bonds is 6. The van der Waals surface area contributed by atoms with E-state index in [-0.39, 0.29) is 23.7 Å². The first-order chi connectivity index (χ1) is 15.1. The van der Waals surface area contributed by atoms with Gasteiger partial charge in [-0.15, -0.1) is 0 Å². The summed E-state index contributed by atoms with van der Waals surface area (Å²) in [6.07, 6.45) is -0.778. The minimum atomic E-state index is -4.78. The molecule has 1 aromatic heterocycles. The summed E-state index contributed by atoms with van der Waals surface area (Å²) in [4.78, 5) is 47.6. The van der Waals surface area contributed by atoms with Crippen molar-refractivity contribution in [2.24, 2.45) is 0 Å². The zero-order chi connectivity index (χ0) is 23.0. The fourth-order valence-corrected chi connectivity index (χ4v) is 3.71. The topological polar surface area (TPSA) is 142 Å². The number of carbonyl (C=O) groups is 2. The number of amides is 3. The molecule has 3 amide bonds. The van der Waals surface area contributed by atoms with Crippen LogP contribution in [0.2, 0.25) is 0 Å². The maximum absolute atomic E-state index is 14.8. The van der Waals surface area contributed by atoms with Gasteiger partial charge < -0.3 is 19.8 Å². The molecule has 11 nitrogen and oxygen atoms in total. The van der Waals surface area contributed by atoms with Crippen LogP contribution in [0.5, 0.6) is 0 Å². The van der Waals surface area contributed by atoms with E-state index in [1.807, 2.05) is 0 Å². The van der Waals surface area contributed by atoms with Crippen molar-refractivity contribution in [2.75, 3.05) is 36.0 Å². The predicted molar refractivity (Wildman–Crippen MR) is 106 cm³/mol. The number of hydrogen-bond acceptors (Lipinski definition) is 6. The van der Waals surface area contributed by atoms with Gasteiger partial charge >= 0.3 is 19.9 Å². The number of halogens is 2. The highest BCUT2D eigenvalue weighted by molar-refractivity contribution is 7.46. The summed E-state index contributed by atoms with van der Waals surface area (Å²) in [5.74, 6) is -2.16. The van der Waals surface area contributed by atoms with Gasteiger partial charge in [-0.3, -0.25) is 14.3 Å². The molecule has 2 aromatic rings. The molecule has 3 heterocycles. The third-order valence-electron chi connectivity index (χ3n) is 4.85. The molecule has 4 rings (SSSR count). The van der Waals surface area contributed by atoms with E-state index in [9.17, 15) is 22.9 Å². The second kappa shape index (κ2) is 8.43. The summed E-state index contributed by atoms with van der Waals surface area (Å²) >= 11 is 0. The molecular formula is C18H17F2N4O7P. The lowest BCUT2D eigenvalue weighted by molar-refractivity contribution is 0.0880. The fraction of sp³-hybridized carbons (Fsp3) is 0.278. The van der Waals surface area contributed by atoms with Gasteiger partial charge in [0.15, 0.2) is 11.6 Å². The van der Waals surface area contributed by atoms with Crippen LogP contribution in [0, 0.1) is 11.6 Å². The summed E-state index contributed by atoms with van der Waals surface area (Å²) in [5, 5.41) is 2.63. The average Bonchev–Trinajstić information content (AvgIpc) is 3.33. The van der Waals surface area contributed by atoms with Crippen LogP contribution in [0.25, 0.3) is 11.1 Å². The smallest absolute Gasteiger partial charge is 0.441 e. The molecule has 2 fully saturated rings. The van der Waals surface area contributed by atoms with Crippen molar-refractivity contribution in [1.29, 1.82) is 0 Å². The number of cyclic esters (lactones) is 1. The zero-order valence-corrected chi connectivity index (χ0v) is 17.2. The van der Waals surface area contributed by atoms with Gasteiger partial charge in [-0.2, -0.15) is 0 Å². The first-order valence-electron chi connectivity index (χ1n) is 9.32. The number of anilines is 2. The monoisotopic (exact) mass is 470 g/mol. The molecule has 14 heteroatoms. The van der Waals surface area contributed by atoms with Gasteiger partial charge in [0.05, 0.1) is 18.8 Å². The highest BCUT2D eigenvalue weighted by Crippen LogP contribution is 2.37. The van der Waals surface area contributed by atoms with Crippen molar-refractivity contribution in [2.45, 2.75) is 6.10 Å². The average molecular weight is 470 g/mol. The van der Waals surface area contributed by atoms with Crippen molar-refractivity contribution >= 4 is 31.5 Å². The highest BCUT2D eigenvalue weighted by Gasteiger charge is 2.36. The van der Waals surface area contributed by atoms with Crippen molar-refractivity contribution in [3.8, 4) is 11.1 Å². The molecule has 0 saturated carbocycles. The van der Waals surface area contributed by atoms with Gasteiger partial charge in [-0.1, -0.05) is 0 Å². The number of aromatic nitrogens is 1. The molecule has 170 valence electrons. The van der Waals surface area contributed by atoms with E-state index in [4.69, 9.17) is 14.5 Å². The number of hydrogen-bond donors (Lipinski definition) is 3. The Labute approximate surface area is 179 Å². The van der Waals surface area contributed by atoms with Crippen LogP contribution in [0.3, 0.4) is 0 Å². The number of phosphoric ester groups is 1. The van der Waals surface area contributed by atoms with Crippen molar-refractivity contribution in [3.63, 3.8) is 0 Å². The standard InChI is InChI=1S/C18H17F2N4O7P/c19-15-12(10-1-4-14(22-7-10)23-6-5-21-17(23)25)2-3-13(16(15)20)24-8-11(31-18(24)26)9-30-32(27,28)29/h1-4,7,11H,5-6,8-9H2,(H,21,25)(H2,27,28,29)/t11-/m1/s1. The minimum absolute atomic E-state index is 0.106. The largest absolute Gasteiger partial charge is 0.469 e. The van der Waals surface area contributed by atoms with Gasteiger partial charge in [-0.05, 0) is 24.3 Å². The number of benzene rings is 1. The molecule has 32 heavy (non-hydrogen) atoms. The second-order valence-electron chi connectivity index (χ2n) is 6.95. The number of urea groups is 1. The molecule has 0 radical (unpaired) electrons. The van der Waals surface area contributed by atoms with Crippen LogP contribution in [0.15, 0.2) is 30.5 Å². The van der Waals surface area contributed by atoms with Crippen LogP contribution < -0.4 is 15.1 Å². The van der Waals surface area contributed by atoms with Crippen molar-refractivity contribution < 1.29 is 42.0 Å². The van der Waals surface area contributed by atoms with Gasteiger partial charge in [0.2, 0.25) is 0 Å². The third kappa shape index (κ3) is 4.41. The Morgan fingerprint density at radius 3 is 2.59 bits per heavy atom. The maximum Gasteiger partial charge on any atom is 0.469 e. The van der Waals surface area contributed by atoms with Crippen molar-refractivity contribution in [1.82, 2.24) is 10.3 Å². The molecule has 0 bridgehead atoms. The number of carbonyl (C=O) groups excluding carboxylic acids is 2. The van der Waals surface area contributed by atoms with E-state index in [1.165, 1.54) is 35.4 Å². The Hall–Kier alpha value is -3.12. The molecule has 0 aliphatic carbocycles. The van der Waals surface area contributed by atoms with Crippen LogP contribution >= 0.6 is 7.82 Å². The Morgan fingerprint density at radius 1 is 1.19 bits per heavy atom. The van der Waals surface area contributed by atoms with E-state index < -0.39 is 43.9 Å². The van der Waals surface area contributed by atoms with E-state index in [1.54, 1.807) is 0 Å². The Bertz CT molecular complexity index is 1110. The number of ether oxygens (including phenoxy) is 1. The van der Waals surface area contributed by atoms with Gasteiger partial charge in [0.1, 0.15) is 11.9 Å². The quantitative estimate of drug-likeness (QED) is 0.545. The summed E-state index contributed by atoms with van der Waals surface area (Å²) in [6.45, 7) is 0.0221. The summed E-state index contributed by atoms with van der Waals surface area (Å²) < 4.78 is 49.6. The lowest BCUT2D eigenvalue weighted by Crippen LogP contribution is -2.28. The lowest BCUT2D eigenvalue weighted by Gasteiger charge is -2.16. The number of phosphoric acid groups is 1. The number of nitrogens with zero attached hydrogens (tertiary/aromatic N) is 3. The van der Waals surface area contributed by atoms with Crippen LogP contribution in [-0.2, 0) is 13.8 Å². The molecule has 0 spiro atoms. The SMILES string of the molecule is O=C1NCCN1c1ccc(-c2ccc(N3C[C@H](COP(=O)(O)O)OC3=O)c(F)c2F)cn1. The summed E-state index contributed by atoms with van der Waals surface area (Å²) in [7, 11) is -4.78. The zero-order valence-electron chi connectivity index (χ0n) is 16.3. The molecule has 3 N–H and O–H groups in total. The minimum Gasteiger partial charge on any atom is -0.441 e. The highest BCUT2D eigenvalue weighted by atomic mass is 31.2. The molecule has 0 unspecified atom stereocenters. The van der Waals surface area contributed by atoms with Gasteiger partial charge in [0.25, 0.3) is 0 Å². The Kier molecular flexibility index (Phi) is 5.82. The summed E-state index contributed by atoms with van der Waals surface area (Å²) in [6, 6.07) is 5.15. The lowest BCUT2D eigenvalue weighted by atomic mass is 10.1. The van der Waals surface area contributed by atoms with Crippen LogP contribution in [-0.4, -0.2) is 59.2 Å². The first kappa shape index (κ1) is 22.1. The molecule has 2 aliphatic heterocycles. The Balaban J connectivity index is 1.53. The third-order valence-corrected chi connectivity index (χ3v) is 5.33. The molecule has 1 atom stereocenters. The van der Waals surface area contributed by atoms with Crippen molar-refractivity contribution in [3.05, 3.63) is 42.1 Å². The van der Waals surface area contributed by atoms with Gasteiger partial charge in [0, 0.05) is 30.4 Å². The predicted octanol–water partition coefficient (Wildman–Crippen LogP) is 1.99. The van der Waals surface area contributed by atoms with Crippen LogP contribution in [0.4, 0.5) is 29.9 Å². The molecule has 1 aromatic carbocycles. The fourth-order valence-electron chi connectivity index (χ4n) is 3.35. The molecule has 2 saturated heterocycles. The van der Waals surface area contributed by atoms with E-state index in [2.05, 4.69) is 14.8 Å². The maximum atomic E-state index is 14.8. The molecular weight excluding hydrogens is 453 g/mol.